The van der Waals surface area contributed by atoms with Crippen LogP contribution in [0.4, 0.5) is 5.69 Å². The maximum Gasteiger partial charge on any atom is 0.280 e. The van der Waals surface area contributed by atoms with Crippen molar-refractivity contribution in [2.75, 3.05) is 4.90 Å². The third-order valence-corrected chi connectivity index (χ3v) is 8.13. The van der Waals surface area contributed by atoms with Crippen LogP contribution in [0.2, 0.25) is 9.36 Å². The molecule has 2 N–H and O–H groups in total. The SMILES string of the molecule is CC(C)c1ccc(N(C(=O)c2nsc(Cl)c2Cl)[C@H](C(=O)NC2CCCCC2)c2ccc(O)cc2)cc1. The van der Waals surface area contributed by atoms with Crippen molar-refractivity contribution < 1.29 is 14.7 Å². The molecule has 1 atom stereocenters. The van der Waals surface area contributed by atoms with Crippen molar-refractivity contribution in [3.05, 3.63) is 74.7 Å². The average Bonchev–Trinajstić information content (AvgIpc) is 3.21. The number of benzene rings is 2. The molecule has 6 nitrogen and oxygen atoms in total. The van der Waals surface area contributed by atoms with Crippen LogP contribution in [0.25, 0.3) is 0 Å². The lowest BCUT2D eigenvalue weighted by Gasteiger charge is -2.33. The number of halogens is 2. The molecule has 190 valence electrons. The van der Waals surface area contributed by atoms with Gasteiger partial charge in [-0.25, -0.2) is 0 Å². The number of nitrogens with one attached hydrogen (secondary N) is 1. The second kappa shape index (κ2) is 11.6. The monoisotopic (exact) mass is 545 g/mol. The molecule has 2 aromatic carbocycles. The van der Waals surface area contributed by atoms with Gasteiger partial charge >= 0.3 is 0 Å². The molecular weight excluding hydrogens is 517 g/mol. The molecule has 3 aromatic rings. The molecule has 0 spiro atoms. The van der Waals surface area contributed by atoms with E-state index in [1.807, 2.05) is 24.3 Å². The molecule has 1 aliphatic carbocycles. The zero-order valence-corrected chi connectivity index (χ0v) is 22.5. The summed E-state index contributed by atoms with van der Waals surface area (Å²) >= 11 is 13.4. The first-order valence-electron chi connectivity index (χ1n) is 12.1. The second-order valence-electron chi connectivity index (χ2n) is 9.38. The van der Waals surface area contributed by atoms with Gasteiger partial charge in [-0.3, -0.25) is 14.5 Å². The third-order valence-electron chi connectivity index (χ3n) is 6.52. The smallest absolute Gasteiger partial charge is 0.280 e. The van der Waals surface area contributed by atoms with Gasteiger partial charge in [0.25, 0.3) is 5.91 Å². The molecule has 0 saturated heterocycles. The third kappa shape index (κ3) is 5.85. The molecular formula is C27H29Cl2N3O3S. The van der Waals surface area contributed by atoms with Crippen LogP contribution in [0.3, 0.4) is 0 Å². The van der Waals surface area contributed by atoms with Crippen molar-refractivity contribution in [2.45, 2.75) is 64.0 Å². The Kier molecular flexibility index (Phi) is 8.54. The van der Waals surface area contributed by atoms with Gasteiger partial charge in [-0.2, -0.15) is 4.37 Å². The van der Waals surface area contributed by atoms with Gasteiger partial charge in [-0.05, 0) is 65.7 Å². The molecule has 9 heteroatoms. The first kappa shape index (κ1) is 26.5. The number of anilines is 1. The van der Waals surface area contributed by atoms with E-state index in [4.69, 9.17) is 23.2 Å². The van der Waals surface area contributed by atoms with Crippen LogP contribution in [0, 0.1) is 0 Å². The number of amides is 2. The van der Waals surface area contributed by atoms with Gasteiger partial charge in [0.2, 0.25) is 5.91 Å². The van der Waals surface area contributed by atoms with Gasteiger partial charge < -0.3 is 10.4 Å². The van der Waals surface area contributed by atoms with E-state index in [0.29, 0.717) is 17.2 Å². The molecule has 36 heavy (non-hydrogen) atoms. The molecule has 2 amide bonds. The normalized spacial score (nSPS) is 15.0. The number of nitrogens with zero attached hydrogens (tertiary/aromatic N) is 2. The van der Waals surface area contributed by atoms with E-state index in [1.54, 1.807) is 12.1 Å². The number of hydrogen-bond donors (Lipinski definition) is 2. The first-order valence-corrected chi connectivity index (χ1v) is 13.6. The molecule has 1 saturated carbocycles. The highest BCUT2D eigenvalue weighted by Crippen LogP contribution is 2.36. The maximum absolute atomic E-state index is 14.0. The highest BCUT2D eigenvalue weighted by molar-refractivity contribution is 7.11. The number of aromatic hydroxyl groups is 1. The fraction of sp³-hybridized carbons (Fsp3) is 0.370. The number of phenolic OH excluding ortho intramolecular Hbond substituents is 1. The highest BCUT2D eigenvalue weighted by Gasteiger charge is 2.36. The summed E-state index contributed by atoms with van der Waals surface area (Å²) in [5, 5.41) is 13.1. The number of phenols is 1. The Balaban J connectivity index is 1.82. The van der Waals surface area contributed by atoms with Gasteiger partial charge in [0, 0.05) is 11.7 Å². The van der Waals surface area contributed by atoms with Gasteiger partial charge in [-0.1, -0.05) is 80.6 Å². The average molecular weight is 547 g/mol. The Hall–Kier alpha value is -2.61. The second-order valence-corrected chi connectivity index (χ2v) is 11.1. The topological polar surface area (TPSA) is 82.5 Å². The number of hydrogen-bond acceptors (Lipinski definition) is 5. The van der Waals surface area contributed by atoms with Crippen LogP contribution < -0.4 is 10.2 Å². The Bertz CT molecular complexity index is 1210. The van der Waals surface area contributed by atoms with Crippen molar-refractivity contribution in [1.29, 1.82) is 0 Å². The number of carbonyl (C=O) groups is 2. The lowest BCUT2D eigenvalue weighted by molar-refractivity contribution is -0.123. The Morgan fingerprint density at radius 1 is 1.00 bits per heavy atom. The van der Waals surface area contributed by atoms with Gasteiger partial charge in [-0.15, -0.1) is 0 Å². The van der Waals surface area contributed by atoms with E-state index in [0.717, 1.165) is 49.2 Å². The molecule has 4 rings (SSSR count). The summed E-state index contributed by atoms with van der Waals surface area (Å²) in [5.41, 5.74) is 2.18. The summed E-state index contributed by atoms with van der Waals surface area (Å²) in [6.07, 6.45) is 5.07. The minimum atomic E-state index is -1.01. The van der Waals surface area contributed by atoms with Crippen LogP contribution in [-0.4, -0.2) is 27.3 Å². The highest BCUT2D eigenvalue weighted by atomic mass is 35.5. The minimum absolute atomic E-state index is 0.00570. The van der Waals surface area contributed by atoms with Crippen molar-refractivity contribution in [3.63, 3.8) is 0 Å². The Morgan fingerprint density at radius 2 is 1.61 bits per heavy atom. The fourth-order valence-electron chi connectivity index (χ4n) is 4.51. The van der Waals surface area contributed by atoms with E-state index < -0.39 is 11.9 Å². The maximum atomic E-state index is 14.0. The summed E-state index contributed by atoms with van der Waals surface area (Å²) in [5.74, 6) is -0.459. The Labute approximate surface area is 225 Å². The Morgan fingerprint density at radius 3 is 2.17 bits per heavy atom. The van der Waals surface area contributed by atoms with Crippen molar-refractivity contribution in [1.82, 2.24) is 9.69 Å². The van der Waals surface area contributed by atoms with E-state index in [-0.39, 0.29) is 32.8 Å². The molecule has 0 aliphatic heterocycles. The van der Waals surface area contributed by atoms with Crippen LogP contribution in [0.15, 0.2) is 48.5 Å². The van der Waals surface area contributed by atoms with E-state index in [2.05, 4.69) is 23.5 Å². The molecule has 1 aliphatic rings. The zero-order chi connectivity index (χ0) is 25.8. The molecule has 1 heterocycles. The van der Waals surface area contributed by atoms with Crippen LogP contribution >= 0.6 is 34.7 Å². The van der Waals surface area contributed by atoms with Crippen molar-refractivity contribution in [2.24, 2.45) is 0 Å². The predicted octanol–water partition coefficient (Wildman–Crippen LogP) is 7.12. The zero-order valence-electron chi connectivity index (χ0n) is 20.2. The molecule has 0 unspecified atom stereocenters. The summed E-state index contributed by atoms with van der Waals surface area (Å²) in [4.78, 5) is 29.3. The quantitative estimate of drug-likeness (QED) is 0.331. The molecule has 0 bridgehead atoms. The minimum Gasteiger partial charge on any atom is -0.508 e. The van der Waals surface area contributed by atoms with Crippen LogP contribution in [0.1, 0.15) is 79.5 Å². The van der Waals surface area contributed by atoms with E-state index >= 15 is 0 Å². The summed E-state index contributed by atoms with van der Waals surface area (Å²) in [7, 11) is 0. The van der Waals surface area contributed by atoms with Gasteiger partial charge in [0.15, 0.2) is 5.69 Å². The predicted molar refractivity (Wildman–Crippen MR) is 145 cm³/mol. The van der Waals surface area contributed by atoms with Crippen molar-refractivity contribution >= 4 is 52.2 Å². The molecule has 1 aromatic heterocycles. The standard InChI is InChI=1S/C27H29Cl2N3O3S/c1-16(2)17-8-12-20(13-9-17)32(27(35)23-22(28)25(29)36-31-23)24(18-10-14-21(33)15-11-18)26(34)30-19-6-4-3-5-7-19/h8-16,19,24,33H,3-7H2,1-2H3,(H,30,34)/t24-/m0/s1. The lowest BCUT2D eigenvalue weighted by atomic mass is 9.94. The molecule has 1 fully saturated rings. The number of carbonyl (C=O) groups excluding carboxylic acids is 2. The fourth-order valence-corrected chi connectivity index (χ4v) is 5.50. The number of rotatable bonds is 7. The number of aromatic nitrogens is 1. The summed E-state index contributed by atoms with van der Waals surface area (Å²) < 4.78 is 4.40. The van der Waals surface area contributed by atoms with Crippen LogP contribution in [-0.2, 0) is 4.79 Å². The van der Waals surface area contributed by atoms with E-state index in [1.165, 1.54) is 17.0 Å². The van der Waals surface area contributed by atoms with Gasteiger partial charge in [0.05, 0.1) is 0 Å². The molecule has 0 radical (unpaired) electrons. The van der Waals surface area contributed by atoms with E-state index in [9.17, 15) is 14.7 Å². The summed E-state index contributed by atoms with van der Waals surface area (Å²) in [6.45, 7) is 4.18. The lowest BCUT2D eigenvalue weighted by Crippen LogP contribution is -2.47. The first-order chi connectivity index (χ1) is 17.3. The van der Waals surface area contributed by atoms with Crippen molar-refractivity contribution in [3.8, 4) is 5.75 Å². The van der Waals surface area contributed by atoms with Gasteiger partial charge in [0.1, 0.15) is 21.2 Å². The largest absolute Gasteiger partial charge is 0.508 e. The van der Waals surface area contributed by atoms with Crippen LogP contribution in [0.5, 0.6) is 5.75 Å². The summed E-state index contributed by atoms with van der Waals surface area (Å²) in [6, 6.07) is 12.9.